The molecule has 0 bridgehead atoms. The zero-order valence-electron chi connectivity index (χ0n) is 13.8. The number of ether oxygens (including phenoxy) is 1. The van der Waals surface area contributed by atoms with Gasteiger partial charge in [0.1, 0.15) is 16.0 Å². The maximum absolute atomic E-state index is 13.0. The van der Waals surface area contributed by atoms with Crippen molar-refractivity contribution in [2.24, 2.45) is 5.92 Å². The largest absolute Gasteiger partial charge is 0.375 e. The number of hydrogen-bond acceptors (Lipinski definition) is 4. The highest BCUT2D eigenvalue weighted by Gasteiger charge is 2.37. The molecule has 0 spiro atoms. The first-order valence-corrected chi connectivity index (χ1v) is 9.24. The number of nitrogens with zero attached hydrogens (tertiary/aromatic N) is 2. The lowest BCUT2D eigenvalue weighted by Crippen LogP contribution is -2.39. The minimum absolute atomic E-state index is 0.0468. The molecule has 2 unspecified atom stereocenters. The van der Waals surface area contributed by atoms with Crippen molar-refractivity contribution in [3.63, 3.8) is 0 Å². The fraction of sp³-hybridized carbons (Fsp3) is 0.765. The molecule has 1 aliphatic carbocycles. The molecule has 2 heterocycles. The van der Waals surface area contributed by atoms with E-state index in [1.807, 2.05) is 13.8 Å². The molecule has 1 aromatic rings. The molecule has 1 saturated carbocycles. The zero-order chi connectivity index (χ0) is 15.7. The molecule has 2 fully saturated rings. The SMILES string of the molecule is COC(C)c1nc(C)c(C(=O)N2CCCC2C2CCCC2)s1. The minimum Gasteiger partial charge on any atom is -0.375 e. The molecule has 22 heavy (non-hydrogen) atoms. The Morgan fingerprint density at radius 3 is 2.73 bits per heavy atom. The second-order valence-corrected chi connectivity index (χ2v) is 7.63. The second kappa shape index (κ2) is 6.67. The fourth-order valence-electron chi connectivity index (χ4n) is 3.90. The van der Waals surface area contributed by atoms with Crippen molar-refractivity contribution in [2.45, 2.75) is 64.5 Å². The van der Waals surface area contributed by atoms with E-state index < -0.39 is 0 Å². The van der Waals surface area contributed by atoms with Crippen LogP contribution in [0.2, 0.25) is 0 Å². The molecule has 122 valence electrons. The molecule has 0 N–H and O–H groups in total. The highest BCUT2D eigenvalue weighted by Crippen LogP contribution is 2.37. The molecule has 1 aromatic heterocycles. The molecule has 2 aliphatic rings. The average molecular weight is 322 g/mol. The number of methoxy groups -OCH3 is 1. The number of amides is 1. The number of carbonyl (C=O) groups excluding carboxylic acids is 1. The van der Waals surface area contributed by atoms with Crippen LogP contribution in [0.25, 0.3) is 0 Å². The van der Waals surface area contributed by atoms with Gasteiger partial charge in [-0.2, -0.15) is 0 Å². The molecule has 3 rings (SSSR count). The predicted molar refractivity (Wildman–Crippen MR) is 88.3 cm³/mol. The van der Waals surface area contributed by atoms with Gasteiger partial charge in [-0.25, -0.2) is 4.98 Å². The number of thiazole rings is 1. The first kappa shape index (κ1) is 15.9. The summed E-state index contributed by atoms with van der Waals surface area (Å²) in [5, 5.41) is 0.903. The standard InChI is InChI=1S/C17H26N2O2S/c1-11-15(22-16(18-11)12(2)21-3)17(20)19-10-6-9-14(19)13-7-4-5-8-13/h12-14H,4-10H2,1-3H3. The molecule has 4 nitrogen and oxygen atoms in total. The highest BCUT2D eigenvalue weighted by molar-refractivity contribution is 7.13. The smallest absolute Gasteiger partial charge is 0.266 e. The lowest BCUT2D eigenvalue weighted by atomic mass is 9.96. The third-order valence-electron chi connectivity index (χ3n) is 5.21. The van der Waals surface area contributed by atoms with E-state index in [9.17, 15) is 4.79 Å². The summed E-state index contributed by atoms with van der Waals surface area (Å²) in [5.74, 6) is 0.913. The first-order valence-electron chi connectivity index (χ1n) is 8.43. The van der Waals surface area contributed by atoms with Crippen molar-refractivity contribution in [2.75, 3.05) is 13.7 Å². The van der Waals surface area contributed by atoms with Crippen molar-refractivity contribution >= 4 is 17.2 Å². The number of hydrogen-bond donors (Lipinski definition) is 0. The van der Waals surface area contributed by atoms with Crippen LogP contribution in [-0.4, -0.2) is 35.5 Å². The second-order valence-electron chi connectivity index (χ2n) is 6.60. The lowest BCUT2D eigenvalue weighted by molar-refractivity contribution is 0.0693. The Kier molecular flexibility index (Phi) is 4.83. The predicted octanol–water partition coefficient (Wildman–Crippen LogP) is 3.95. The van der Waals surface area contributed by atoms with Gasteiger partial charge in [-0.3, -0.25) is 4.79 Å². The Morgan fingerprint density at radius 1 is 1.32 bits per heavy atom. The molecular weight excluding hydrogens is 296 g/mol. The minimum atomic E-state index is -0.0468. The van der Waals surface area contributed by atoms with Gasteiger partial charge in [0.05, 0.1) is 5.69 Å². The summed E-state index contributed by atoms with van der Waals surface area (Å²) in [7, 11) is 1.68. The lowest BCUT2D eigenvalue weighted by Gasteiger charge is -2.29. The summed E-state index contributed by atoms with van der Waals surface area (Å²) >= 11 is 1.50. The summed E-state index contributed by atoms with van der Waals surface area (Å²) in [6, 6.07) is 0.458. The molecule has 1 amide bonds. The van der Waals surface area contributed by atoms with Crippen LogP contribution >= 0.6 is 11.3 Å². The Bertz CT molecular complexity index is 537. The molecule has 0 radical (unpaired) electrons. The van der Waals surface area contributed by atoms with Crippen LogP contribution in [0.5, 0.6) is 0 Å². The van der Waals surface area contributed by atoms with Gasteiger partial charge in [-0.1, -0.05) is 12.8 Å². The van der Waals surface area contributed by atoms with Gasteiger partial charge < -0.3 is 9.64 Å². The Balaban J connectivity index is 1.79. The van der Waals surface area contributed by atoms with Crippen LogP contribution in [0.3, 0.4) is 0 Å². The average Bonchev–Trinajstić information content (AvgIpc) is 3.24. The van der Waals surface area contributed by atoms with Crippen molar-refractivity contribution in [3.8, 4) is 0 Å². The van der Waals surface area contributed by atoms with Gasteiger partial charge in [-0.15, -0.1) is 11.3 Å². The quantitative estimate of drug-likeness (QED) is 0.843. The van der Waals surface area contributed by atoms with Crippen molar-refractivity contribution in [1.29, 1.82) is 0 Å². The van der Waals surface area contributed by atoms with Gasteiger partial charge in [0.25, 0.3) is 5.91 Å². The van der Waals surface area contributed by atoms with Crippen LogP contribution in [0.1, 0.15) is 71.9 Å². The van der Waals surface area contributed by atoms with Crippen LogP contribution < -0.4 is 0 Å². The first-order chi connectivity index (χ1) is 10.6. The molecule has 0 aromatic carbocycles. The third-order valence-corrected chi connectivity index (χ3v) is 6.52. The summed E-state index contributed by atoms with van der Waals surface area (Å²) in [5.41, 5.74) is 0.853. The van der Waals surface area contributed by atoms with E-state index in [0.717, 1.165) is 34.5 Å². The van der Waals surface area contributed by atoms with Gasteiger partial charge in [0.2, 0.25) is 0 Å². The van der Waals surface area contributed by atoms with Crippen LogP contribution in [0.4, 0.5) is 0 Å². The van der Waals surface area contributed by atoms with Crippen LogP contribution in [0, 0.1) is 12.8 Å². The Labute approximate surface area is 136 Å². The van der Waals surface area contributed by atoms with Crippen LogP contribution in [0.15, 0.2) is 0 Å². The maximum Gasteiger partial charge on any atom is 0.266 e. The molecule has 1 aliphatic heterocycles. The number of rotatable bonds is 4. The number of likely N-dealkylation sites (tertiary alicyclic amines) is 1. The number of carbonyl (C=O) groups is 1. The third kappa shape index (κ3) is 2.93. The molecule has 2 atom stereocenters. The summed E-state index contributed by atoms with van der Waals surface area (Å²) in [6.45, 7) is 4.83. The van der Waals surface area contributed by atoms with E-state index in [-0.39, 0.29) is 12.0 Å². The van der Waals surface area contributed by atoms with Crippen LogP contribution in [-0.2, 0) is 4.74 Å². The fourth-order valence-corrected chi connectivity index (χ4v) is 4.95. The normalized spacial score (nSPS) is 24.1. The molecular formula is C17H26N2O2S. The van der Waals surface area contributed by atoms with Gasteiger partial charge in [-0.05, 0) is 45.4 Å². The Morgan fingerprint density at radius 2 is 2.05 bits per heavy atom. The molecule has 5 heteroatoms. The topological polar surface area (TPSA) is 42.4 Å². The van der Waals surface area contributed by atoms with E-state index in [2.05, 4.69) is 9.88 Å². The van der Waals surface area contributed by atoms with E-state index >= 15 is 0 Å². The van der Waals surface area contributed by atoms with E-state index in [4.69, 9.17) is 4.74 Å². The number of aromatic nitrogens is 1. The summed E-state index contributed by atoms with van der Waals surface area (Å²) in [4.78, 5) is 20.5. The van der Waals surface area contributed by atoms with Crippen molar-refractivity contribution < 1.29 is 9.53 Å². The highest BCUT2D eigenvalue weighted by atomic mass is 32.1. The van der Waals surface area contributed by atoms with Gasteiger partial charge in [0, 0.05) is 19.7 Å². The maximum atomic E-state index is 13.0. The zero-order valence-corrected chi connectivity index (χ0v) is 14.6. The summed E-state index contributed by atoms with van der Waals surface area (Å²) < 4.78 is 5.34. The van der Waals surface area contributed by atoms with Crippen molar-refractivity contribution in [1.82, 2.24) is 9.88 Å². The monoisotopic (exact) mass is 322 g/mol. The van der Waals surface area contributed by atoms with E-state index in [1.54, 1.807) is 7.11 Å². The molecule has 1 saturated heterocycles. The Hall–Kier alpha value is -0.940. The van der Waals surface area contributed by atoms with E-state index in [0.29, 0.717) is 6.04 Å². The van der Waals surface area contributed by atoms with Gasteiger partial charge >= 0.3 is 0 Å². The number of aryl methyl sites for hydroxylation is 1. The van der Waals surface area contributed by atoms with E-state index in [1.165, 1.54) is 43.4 Å². The summed E-state index contributed by atoms with van der Waals surface area (Å²) in [6.07, 6.45) is 7.53. The van der Waals surface area contributed by atoms with Crippen molar-refractivity contribution in [3.05, 3.63) is 15.6 Å². The van der Waals surface area contributed by atoms with Gasteiger partial charge in [0.15, 0.2) is 0 Å².